The summed E-state index contributed by atoms with van der Waals surface area (Å²) in [4.78, 5) is 41.5. The lowest BCUT2D eigenvalue weighted by Crippen LogP contribution is -2.37. The molecule has 1 aromatic carbocycles. The van der Waals surface area contributed by atoms with Gasteiger partial charge < -0.3 is 9.73 Å². The van der Waals surface area contributed by atoms with Gasteiger partial charge in [-0.3, -0.25) is 18.7 Å². The van der Waals surface area contributed by atoms with Crippen molar-refractivity contribution >= 4 is 32.5 Å². The van der Waals surface area contributed by atoms with E-state index in [1.807, 2.05) is 0 Å². The summed E-state index contributed by atoms with van der Waals surface area (Å²) in [6, 6.07) is 10.7. The number of aromatic nitrogens is 3. The Bertz CT molecular complexity index is 1570. The fraction of sp³-hybridized carbons (Fsp3) is 0.143. The van der Waals surface area contributed by atoms with Crippen molar-refractivity contribution in [2.24, 2.45) is 14.1 Å². The van der Waals surface area contributed by atoms with Crippen molar-refractivity contribution in [2.45, 2.75) is 10.6 Å². The van der Waals surface area contributed by atoms with Gasteiger partial charge >= 0.3 is 5.69 Å². The van der Waals surface area contributed by atoms with Crippen molar-refractivity contribution in [2.75, 3.05) is 5.32 Å². The predicted octanol–water partition coefficient (Wildman–Crippen LogP) is 1.45. The number of amides is 1. The van der Waals surface area contributed by atoms with Crippen LogP contribution in [0.4, 0.5) is 5.69 Å². The first-order chi connectivity index (χ1) is 15.2. The van der Waals surface area contributed by atoms with Gasteiger partial charge in [-0.25, -0.2) is 18.2 Å². The van der Waals surface area contributed by atoms with E-state index in [4.69, 9.17) is 4.42 Å². The Hall–Kier alpha value is -3.99. The Labute approximate surface area is 181 Å². The molecule has 0 saturated heterocycles. The van der Waals surface area contributed by atoms with Crippen LogP contribution in [0.15, 0.2) is 73.8 Å². The van der Waals surface area contributed by atoms with Gasteiger partial charge in [0.05, 0.1) is 34.2 Å². The number of sulfone groups is 1. The van der Waals surface area contributed by atoms with Gasteiger partial charge in [-0.05, 0) is 24.3 Å². The van der Waals surface area contributed by atoms with E-state index < -0.39 is 32.7 Å². The minimum Gasteiger partial charge on any atom is -0.459 e. The molecule has 1 amide bonds. The molecule has 164 valence electrons. The smallest absolute Gasteiger partial charge is 0.332 e. The minimum absolute atomic E-state index is 0.132. The van der Waals surface area contributed by atoms with Crippen molar-refractivity contribution in [1.29, 1.82) is 0 Å². The van der Waals surface area contributed by atoms with Crippen LogP contribution < -0.4 is 16.6 Å². The highest BCUT2D eigenvalue weighted by molar-refractivity contribution is 7.90. The van der Waals surface area contributed by atoms with Crippen molar-refractivity contribution in [1.82, 2.24) is 14.1 Å². The number of benzene rings is 1. The molecule has 0 aliphatic carbocycles. The number of aryl methyl sites for hydroxylation is 1. The number of nitrogens with zero attached hydrogens (tertiary/aromatic N) is 3. The molecule has 0 spiro atoms. The van der Waals surface area contributed by atoms with E-state index in [1.54, 1.807) is 18.2 Å². The standard InChI is InChI=1S/C21H18N4O6S/c1-24-18-16(20(27)25(2)21(24)28)10-14(11-22-18)23-19(26)17-13(8-9-31-17)12-32(29,30)15-6-4-3-5-7-15/h3-11H,12H2,1-2H3,(H,23,26). The zero-order valence-electron chi connectivity index (χ0n) is 17.1. The lowest BCUT2D eigenvalue weighted by atomic mass is 10.2. The number of nitrogens with one attached hydrogen (secondary N) is 1. The summed E-state index contributed by atoms with van der Waals surface area (Å²) in [7, 11) is -0.860. The number of carbonyl (C=O) groups excluding carboxylic acids is 1. The molecule has 1 N–H and O–H groups in total. The SMILES string of the molecule is Cn1c(=O)c2cc(NC(=O)c3occc3CS(=O)(=O)c3ccccc3)cnc2n(C)c1=O. The summed E-state index contributed by atoms with van der Waals surface area (Å²) in [5.41, 5.74) is -0.528. The van der Waals surface area contributed by atoms with Crippen LogP contribution in [-0.2, 0) is 29.7 Å². The molecule has 3 aromatic heterocycles. The van der Waals surface area contributed by atoms with E-state index in [0.29, 0.717) is 0 Å². The average Bonchev–Trinajstić information content (AvgIpc) is 3.24. The van der Waals surface area contributed by atoms with Crippen molar-refractivity contribution in [3.05, 3.63) is 87.1 Å². The maximum atomic E-state index is 12.8. The predicted molar refractivity (Wildman–Crippen MR) is 116 cm³/mol. The minimum atomic E-state index is -3.69. The monoisotopic (exact) mass is 454 g/mol. The number of fused-ring (bicyclic) bond motifs is 1. The normalized spacial score (nSPS) is 11.6. The molecular weight excluding hydrogens is 436 g/mol. The lowest BCUT2D eigenvalue weighted by molar-refractivity contribution is 0.0995. The van der Waals surface area contributed by atoms with Gasteiger partial charge in [-0.15, -0.1) is 0 Å². The Morgan fingerprint density at radius 3 is 2.53 bits per heavy atom. The van der Waals surface area contributed by atoms with E-state index in [-0.39, 0.29) is 32.9 Å². The fourth-order valence-corrected chi connectivity index (χ4v) is 4.66. The zero-order valence-corrected chi connectivity index (χ0v) is 17.9. The molecule has 0 radical (unpaired) electrons. The van der Waals surface area contributed by atoms with Crippen molar-refractivity contribution in [3.63, 3.8) is 0 Å². The Balaban J connectivity index is 1.64. The number of rotatable bonds is 5. The van der Waals surface area contributed by atoms with E-state index in [9.17, 15) is 22.8 Å². The van der Waals surface area contributed by atoms with Crippen LogP contribution in [-0.4, -0.2) is 28.4 Å². The maximum absolute atomic E-state index is 12.8. The number of carbonyl (C=O) groups is 1. The van der Waals surface area contributed by atoms with Gasteiger partial charge in [0, 0.05) is 19.7 Å². The van der Waals surface area contributed by atoms with Crippen LogP contribution in [0.3, 0.4) is 0 Å². The molecular formula is C21H18N4O6S. The van der Waals surface area contributed by atoms with Gasteiger partial charge in [-0.1, -0.05) is 18.2 Å². The van der Waals surface area contributed by atoms with E-state index in [1.165, 1.54) is 55.4 Å². The second-order valence-corrected chi connectivity index (χ2v) is 9.09. The van der Waals surface area contributed by atoms with Crippen molar-refractivity contribution in [3.8, 4) is 0 Å². The summed E-state index contributed by atoms with van der Waals surface area (Å²) in [5.74, 6) is -1.29. The fourth-order valence-electron chi connectivity index (χ4n) is 3.29. The van der Waals surface area contributed by atoms with Crippen LogP contribution in [0.2, 0.25) is 0 Å². The molecule has 4 aromatic rings. The molecule has 11 heteroatoms. The number of pyridine rings is 1. The largest absolute Gasteiger partial charge is 0.459 e. The highest BCUT2D eigenvalue weighted by atomic mass is 32.2. The van der Waals surface area contributed by atoms with Crippen LogP contribution in [0, 0.1) is 0 Å². The Kier molecular flexibility index (Phi) is 5.26. The van der Waals surface area contributed by atoms with E-state index in [0.717, 1.165) is 4.57 Å². The number of furan rings is 1. The van der Waals surface area contributed by atoms with E-state index >= 15 is 0 Å². The Morgan fingerprint density at radius 2 is 1.81 bits per heavy atom. The summed E-state index contributed by atoms with van der Waals surface area (Å²) in [5, 5.41) is 2.70. The zero-order chi connectivity index (χ0) is 23.0. The summed E-state index contributed by atoms with van der Waals surface area (Å²) in [6.07, 6.45) is 2.53. The lowest BCUT2D eigenvalue weighted by Gasteiger charge is -2.09. The first-order valence-corrected chi connectivity index (χ1v) is 11.1. The summed E-state index contributed by atoms with van der Waals surface area (Å²) in [6.45, 7) is 0. The molecule has 0 saturated carbocycles. The van der Waals surface area contributed by atoms with E-state index in [2.05, 4.69) is 10.3 Å². The number of anilines is 1. The average molecular weight is 454 g/mol. The third-order valence-corrected chi connectivity index (χ3v) is 6.63. The van der Waals surface area contributed by atoms with Gasteiger partial charge in [0.2, 0.25) is 0 Å². The molecule has 4 rings (SSSR count). The molecule has 0 bridgehead atoms. The van der Waals surface area contributed by atoms with Crippen LogP contribution in [0.1, 0.15) is 16.1 Å². The van der Waals surface area contributed by atoms with Gasteiger partial charge in [0.15, 0.2) is 15.6 Å². The second kappa shape index (κ2) is 7.93. The Morgan fingerprint density at radius 1 is 1.09 bits per heavy atom. The maximum Gasteiger partial charge on any atom is 0.332 e. The molecule has 0 fully saturated rings. The molecule has 0 aliphatic heterocycles. The van der Waals surface area contributed by atoms with Gasteiger partial charge in [0.25, 0.3) is 11.5 Å². The highest BCUT2D eigenvalue weighted by Crippen LogP contribution is 2.21. The third kappa shape index (κ3) is 3.73. The molecule has 32 heavy (non-hydrogen) atoms. The second-order valence-electron chi connectivity index (χ2n) is 7.10. The summed E-state index contributed by atoms with van der Waals surface area (Å²) >= 11 is 0. The van der Waals surface area contributed by atoms with Gasteiger partial charge in [-0.2, -0.15) is 0 Å². The molecule has 10 nitrogen and oxygen atoms in total. The molecule has 0 atom stereocenters. The first-order valence-electron chi connectivity index (χ1n) is 9.40. The topological polar surface area (TPSA) is 133 Å². The third-order valence-electron chi connectivity index (χ3n) is 4.95. The molecule has 3 heterocycles. The molecule has 0 aliphatic rings. The number of hydrogen-bond donors (Lipinski definition) is 1. The highest BCUT2D eigenvalue weighted by Gasteiger charge is 2.23. The molecule has 0 unspecified atom stereocenters. The summed E-state index contributed by atoms with van der Waals surface area (Å²) < 4.78 is 32.7. The van der Waals surface area contributed by atoms with Crippen LogP contribution >= 0.6 is 0 Å². The van der Waals surface area contributed by atoms with Crippen LogP contribution in [0.25, 0.3) is 11.0 Å². The van der Waals surface area contributed by atoms with Crippen LogP contribution in [0.5, 0.6) is 0 Å². The number of hydrogen-bond acceptors (Lipinski definition) is 7. The quantitative estimate of drug-likeness (QED) is 0.482. The van der Waals surface area contributed by atoms with Crippen molar-refractivity contribution < 1.29 is 17.6 Å². The first kappa shape index (κ1) is 21.2. The van der Waals surface area contributed by atoms with Gasteiger partial charge in [0.1, 0.15) is 5.65 Å².